The van der Waals surface area contributed by atoms with Crippen molar-refractivity contribution >= 4 is 5.97 Å². The van der Waals surface area contributed by atoms with E-state index in [1.807, 2.05) is 30.5 Å². The van der Waals surface area contributed by atoms with Gasteiger partial charge in [0.05, 0.1) is 13.7 Å². The summed E-state index contributed by atoms with van der Waals surface area (Å²) in [5, 5.41) is 13.4. The number of likely N-dealkylation sites (tertiary alicyclic amines) is 1. The van der Waals surface area contributed by atoms with Gasteiger partial charge in [-0.3, -0.25) is 9.69 Å². The number of carbonyl (C=O) groups excluding carboxylic acids is 1. The minimum Gasteiger partial charge on any atom is -0.510 e. The summed E-state index contributed by atoms with van der Waals surface area (Å²) in [4.78, 5) is 14.4. The van der Waals surface area contributed by atoms with Crippen LogP contribution in [-0.2, 0) is 16.0 Å². The fourth-order valence-electron chi connectivity index (χ4n) is 3.60. The molecular formula is C19H24N2O3. The molecule has 0 spiro atoms. The van der Waals surface area contributed by atoms with Crippen LogP contribution in [0.3, 0.4) is 0 Å². The molecule has 1 fully saturated rings. The van der Waals surface area contributed by atoms with E-state index in [0.29, 0.717) is 12.3 Å². The smallest absolute Gasteiger partial charge is 0.323 e. The topological polar surface area (TPSA) is 61.8 Å². The zero-order valence-corrected chi connectivity index (χ0v) is 13.9. The highest BCUT2D eigenvalue weighted by molar-refractivity contribution is 5.76. The van der Waals surface area contributed by atoms with Crippen LogP contribution >= 0.6 is 0 Å². The second kappa shape index (κ2) is 7.53. The first kappa shape index (κ1) is 16.6. The van der Waals surface area contributed by atoms with Crippen molar-refractivity contribution in [2.45, 2.75) is 31.3 Å². The number of esters is 1. The van der Waals surface area contributed by atoms with Crippen molar-refractivity contribution in [3.8, 4) is 0 Å². The predicted molar refractivity (Wildman–Crippen MR) is 92.5 cm³/mol. The van der Waals surface area contributed by atoms with E-state index < -0.39 is 0 Å². The lowest BCUT2D eigenvalue weighted by molar-refractivity contribution is -0.146. The van der Waals surface area contributed by atoms with Gasteiger partial charge in [0, 0.05) is 11.6 Å². The van der Waals surface area contributed by atoms with Crippen LogP contribution in [0.15, 0.2) is 53.9 Å². The molecule has 5 nitrogen and oxygen atoms in total. The lowest BCUT2D eigenvalue weighted by atomic mass is 9.94. The maximum Gasteiger partial charge on any atom is 0.323 e. The van der Waals surface area contributed by atoms with E-state index in [-0.39, 0.29) is 18.1 Å². The van der Waals surface area contributed by atoms with Gasteiger partial charge in [-0.05, 0) is 43.6 Å². The van der Waals surface area contributed by atoms with Crippen molar-refractivity contribution in [2.75, 3.05) is 20.2 Å². The Labute approximate surface area is 142 Å². The number of aliphatic hydroxyl groups excluding tert-OH is 1. The quantitative estimate of drug-likeness (QED) is 0.811. The molecule has 2 unspecified atom stereocenters. The Hall–Kier alpha value is -2.27. The Bertz CT molecular complexity index is 639. The first-order valence-electron chi connectivity index (χ1n) is 8.40. The van der Waals surface area contributed by atoms with Gasteiger partial charge in [-0.15, -0.1) is 0 Å². The Balaban J connectivity index is 1.92. The summed E-state index contributed by atoms with van der Waals surface area (Å²) in [5.41, 5.74) is 2.07. The minimum absolute atomic E-state index is 0.0441. The molecular weight excluding hydrogens is 304 g/mol. The molecule has 5 heteroatoms. The fourth-order valence-corrected chi connectivity index (χ4v) is 3.60. The van der Waals surface area contributed by atoms with Crippen molar-refractivity contribution in [2.24, 2.45) is 0 Å². The van der Waals surface area contributed by atoms with Crippen molar-refractivity contribution < 1.29 is 14.6 Å². The Morgan fingerprint density at radius 3 is 2.92 bits per heavy atom. The third-order valence-electron chi connectivity index (χ3n) is 4.78. The number of methoxy groups -OCH3 is 1. The number of benzene rings is 1. The average molecular weight is 328 g/mol. The zero-order chi connectivity index (χ0) is 16.9. The highest BCUT2D eigenvalue weighted by Gasteiger charge is 2.38. The summed E-state index contributed by atoms with van der Waals surface area (Å²) < 4.78 is 4.99. The number of rotatable bonds is 5. The number of hydrogen-bond donors (Lipinski definition) is 2. The van der Waals surface area contributed by atoms with Gasteiger partial charge in [-0.25, -0.2) is 0 Å². The largest absolute Gasteiger partial charge is 0.510 e. The molecule has 2 atom stereocenters. The molecule has 0 aromatic heterocycles. The zero-order valence-electron chi connectivity index (χ0n) is 13.9. The molecule has 2 heterocycles. The molecule has 1 saturated heterocycles. The number of dihydropyridines is 1. The molecule has 0 bridgehead atoms. The first-order valence-corrected chi connectivity index (χ1v) is 8.40. The Morgan fingerprint density at radius 1 is 1.42 bits per heavy atom. The molecule has 3 rings (SSSR count). The van der Waals surface area contributed by atoms with E-state index in [1.54, 1.807) is 0 Å². The van der Waals surface area contributed by atoms with E-state index in [2.05, 4.69) is 22.3 Å². The molecule has 2 aliphatic heterocycles. The standard InChI is InChI=1S/C19H24N2O3/c1-24-19(23)16-8-5-11-21(16)17(12-14-6-3-2-4-7-14)15-9-10-20-13-18(15)22/h2-4,6-7,9-10,16-17,20,22H,5,8,11-13H2,1H3. The third kappa shape index (κ3) is 3.46. The van der Waals surface area contributed by atoms with E-state index in [0.717, 1.165) is 31.4 Å². The van der Waals surface area contributed by atoms with Crippen LogP contribution < -0.4 is 5.32 Å². The van der Waals surface area contributed by atoms with Gasteiger partial charge in [0.2, 0.25) is 0 Å². The Kier molecular flexibility index (Phi) is 5.20. The predicted octanol–water partition coefficient (Wildman–Crippen LogP) is 2.16. The summed E-state index contributed by atoms with van der Waals surface area (Å²) >= 11 is 0. The molecule has 0 amide bonds. The molecule has 0 radical (unpaired) electrons. The molecule has 2 N–H and O–H groups in total. The first-order chi connectivity index (χ1) is 11.7. The number of nitrogens with zero attached hydrogens (tertiary/aromatic N) is 1. The summed E-state index contributed by atoms with van der Waals surface area (Å²) in [6, 6.07) is 9.90. The molecule has 1 aromatic carbocycles. The van der Waals surface area contributed by atoms with Crippen LogP contribution in [0.4, 0.5) is 0 Å². The number of aliphatic hydroxyl groups is 1. The third-order valence-corrected chi connectivity index (χ3v) is 4.78. The van der Waals surface area contributed by atoms with Gasteiger partial charge in [0.25, 0.3) is 0 Å². The summed E-state index contributed by atoms with van der Waals surface area (Å²) in [5.74, 6) is 0.150. The van der Waals surface area contributed by atoms with Gasteiger partial charge in [-0.1, -0.05) is 30.3 Å². The van der Waals surface area contributed by atoms with Gasteiger partial charge >= 0.3 is 5.97 Å². The van der Waals surface area contributed by atoms with Crippen LogP contribution in [0.25, 0.3) is 0 Å². The van der Waals surface area contributed by atoms with Crippen molar-refractivity contribution in [3.63, 3.8) is 0 Å². The molecule has 1 aromatic rings. The van der Waals surface area contributed by atoms with Gasteiger partial charge in [0.15, 0.2) is 0 Å². The van der Waals surface area contributed by atoms with Crippen molar-refractivity contribution in [3.05, 3.63) is 59.5 Å². The average Bonchev–Trinajstić information content (AvgIpc) is 3.10. The van der Waals surface area contributed by atoms with Crippen LogP contribution in [0, 0.1) is 0 Å². The molecule has 0 aliphatic carbocycles. The number of nitrogens with one attached hydrogen (secondary N) is 1. The van der Waals surface area contributed by atoms with E-state index in [9.17, 15) is 9.90 Å². The number of carbonyl (C=O) groups is 1. The monoisotopic (exact) mass is 328 g/mol. The number of ether oxygens (including phenoxy) is 1. The maximum absolute atomic E-state index is 12.2. The van der Waals surface area contributed by atoms with Gasteiger partial charge < -0.3 is 15.2 Å². The SMILES string of the molecule is COC(=O)C1CCCN1C(Cc1ccccc1)C1=C(O)CNC=C1. The molecule has 24 heavy (non-hydrogen) atoms. The van der Waals surface area contributed by atoms with Crippen LogP contribution in [0.5, 0.6) is 0 Å². The molecule has 0 saturated carbocycles. The summed E-state index contributed by atoms with van der Waals surface area (Å²) in [6.45, 7) is 1.25. The second-order valence-corrected chi connectivity index (χ2v) is 6.24. The second-order valence-electron chi connectivity index (χ2n) is 6.24. The van der Waals surface area contributed by atoms with Crippen LogP contribution in [0.2, 0.25) is 0 Å². The van der Waals surface area contributed by atoms with E-state index >= 15 is 0 Å². The summed E-state index contributed by atoms with van der Waals surface area (Å²) in [7, 11) is 1.44. The maximum atomic E-state index is 12.2. The molecule has 128 valence electrons. The summed E-state index contributed by atoms with van der Waals surface area (Å²) in [6.07, 6.45) is 6.28. The highest BCUT2D eigenvalue weighted by Crippen LogP contribution is 2.29. The van der Waals surface area contributed by atoms with Crippen LogP contribution in [-0.4, -0.2) is 48.3 Å². The van der Waals surface area contributed by atoms with Gasteiger partial charge in [0.1, 0.15) is 11.8 Å². The van der Waals surface area contributed by atoms with Gasteiger partial charge in [-0.2, -0.15) is 0 Å². The van der Waals surface area contributed by atoms with Crippen LogP contribution in [0.1, 0.15) is 18.4 Å². The van der Waals surface area contributed by atoms with Crippen molar-refractivity contribution in [1.29, 1.82) is 0 Å². The lowest BCUT2D eigenvalue weighted by Gasteiger charge is -2.34. The highest BCUT2D eigenvalue weighted by atomic mass is 16.5. The number of hydrogen-bond acceptors (Lipinski definition) is 5. The lowest BCUT2D eigenvalue weighted by Crippen LogP contribution is -2.46. The molecule has 2 aliphatic rings. The fraction of sp³-hybridized carbons (Fsp3) is 0.421. The van der Waals surface area contributed by atoms with E-state index in [1.165, 1.54) is 12.7 Å². The van der Waals surface area contributed by atoms with Crippen molar-refractivity contribution in [1.82, 2.24) is 10.2 Å². The normalized spacial score (nSPS) is 22.3. The Morgan fingerprint density at radius 2 is 2.21 bits per heavy atom. The van der Waals surface area contributed by atoms with E-state index in [4.69, 9.17) is 4.74 Å². The minimum atomic E-state index is -0.243.